The number of ether oxygens (including phenoxy) is 1. The Bertz CT molecular complexity index is 426. The van der Waals surface area contributed by atoms with E-state index >= 15 is 0 Å². The van der Waals surface area contributed by atoms with Gasteiger partial charge in [-0.1, -0.05) is 13.0 Å². The highest BCUT2D eigenvalue weighted by atomic mass is 16.5. The van der Waals surface area contributed by atoms with Gasteiger partial charge >= 0.3 is 5.97 Å². The molecule has 0 aliphatic carbocycles. The second-order valence-electron chi connectivity index (χ2n) is 4.31. The van der Waals surface area contributed by atoms with Gasteiger partial charge in [-0.15, -0.1) is 0 Å². The SMILES string of the molecule is CCNc1cc2c(cc1C)C(C)CC(=O)O2. The highest BCUT2D eigenvalue weighted by molar-refractivity contribution is 5.77. The number of hydrogen-bond donors (Lipinski definition) is 1. The number of benzene rings is 1. The molecule has 0 spiro atoms. The molecule has 0 radical (unpaired) electrons. The molecule has 0 saturated heterocycles. The fourth-order valence-corrected chi connectivity index (χ4v) is 2.09. The molecule has 1 atom stereocenters. The second kappa shape index (κ2) is 4.16. The predicted octanol–water partition coefficient (Wildman–Crippen LogP) is 2.84. The van der Waals surface area contributed by atoms with Crippen molar-refractivity contribution in [2.75, 3.05) is 11.9 Å². The van der Waals surface area contributed by atoms with Crippen LogP contribution in [0.1, 0.15) is 37.3 Å². The Balaban J connectivity index is 2.44. The standard InChI is InChI=1S/C13H17NO2/c1-4-14-11-7-12-10(5-9(11)3)8(2)6-13(15)16-12/h5,7-8,14H,4,6H2,1-3H3. The zero-order chi connectivity index (χ0) is 11.7. The number of nitrogens with one attached hydrogen (secondary N) is 1. The zero-order valence-electron chi connectivity index (χ0n) is 9.96. The van der Waals surface area contributed by atoms with Crippen LogP contribution in [0.4, 0.5) is 5.69 Å². The molecule has 3 heteroatoms. The summed E-state index contributed by atoms with van der Waals surface area (Å²) < 4.78 is 5.27. The first kappa shape index (κ1) is 11.0. The molecule has 0 saturated carbocycles. The van der Waals surface area contributed by atoms with Gasteiger partial charge in [0.05, 0.1) is 6.42 Å². The van der Waals surface area contributed by atoms with Gasteiger partial charge in [-0.05, 0) is 30.9 Å². The first-order chi connectivity index (χ1) is 7.61. The quantitative estimate of drug-likeness (QED) is 0.614. The van der Waals surface area contributed by atoms with Crippen molar-refractivity contribution in [3.8, 4) is 5.75 Å². The smallest absolute Gasteiger partial charge is 0.311 e. The number of carbonyl (C=O) groups is 1. The maximum absolute atomic E-state index is 11.3. The molecule has 86 valence electrons. The molecule has 0 fully saturated rings. The Morgan fingerprint density at radius 1 is 1.50 bits per heavy atom. The largest absolute Gasteiger partial charge is 0.426 e. The van der Waals surface area contributed by atoms with Crippen LogP contribution in [0.2, 0.25) is 0 Å². The van der Waals surface area contributed by atoms with E-state index < -0.39 is 0 Å². The summed E-state index contributed by atoms with van der Waals surface area (Å²) in [7, 11) is 0. The zero-order valence-corrected chi connectivity index (χ0v) is 9.96. The van der Waals surface area contributed by atoms with Crippen molar-refractivity contribution in [1.82, 2.24) is 0 Å². The summed E-state index contributed by atoms with van der Waals surface area (Å²) >= 11 is 0. The maximum Gasteiger partial charge on any atom is 0.311 e. The molecular weight excluding hydrogens is 202 g/mol. The first-order valence-electron chi connectivity index (χ1n) is 5.71. The number of hydrogen-bond acceptors (Lipinski definition) is 3. The number of esters is 1. The highest BCUT2D eigenvalue weighted by Crippen LogP contribution is 2.37. The minimum Gasteiger partial charge on any atom is -0.426 e. The molecule has 1 N–H and O–H groups in total. The summed E-state index contributed by atoms with van der Waals surface area (Å²) in [5, 5.41) is 3.26. The molecule has 16 heavy (non-hydrogen) atoms. The van der Waals surface area contributed by atoms with Crippen LogP contribution < -0.4 is 10.1 Å². The Hall–Kier alpha value is -1.51. The molecule has 0 aromatic heterocycles. The molecule has 0 amide bonds. The van der Waals surface area contributed by atoms with Crippen LogP contribution in [-0.2, 0) is 4.79 Å². The van der Waals surface area contributed by atoms with Crippen LogP contribution in [0.25, 0.3) is 0 Å². The number of rotatable bonds is 2. The second-order valence-corrected chi connectivity index (χ2v) is 4.31. The third kappa shape index (κ3) is 1.90. The van der Waals surface area contributed by atoms with Crippen LogP contribution in [0.3, 0.4) is 0 Å². The summed E-state index contributed by atoms with van der Waals surface area (Å²) in [6.45, 7) is 7.05. The molecule has 1 aromatic carbocycles. The van der Waals surface area contributed by atoms with Gasteiger partial charge in [0.25, 0.3) is 0 Å². The van der Waals surface area contributed by atoms with E-state index in [1.807, 2.05) is 13.0 Å². The van der Waals surface area contributed by atoms with E-state index in [1.165, 1.54) is 5.56 Å². The molecular formula is C13H17NO2. The number of aryl methyl sites for hydroxylation is 1. The van der Waals surface area contributed by atoms with Gasteiger partial charge in [0, 0.05) is 18.3 Å². The van der Waals surface area contributed by atoms with Crippen molar-refractivity contribution >= 4 is 11.7 Å². The molecule has 1 aliphatic rings. The average Bonchev–Trinajstić information content (AvgIpc) is 2.21. The van der Waals surface area contributed by atoms with Crippen molar-refractivity contribution in [3.63, 3.8) is 0 Å². The Labute approximate surface area is 95.8 Å². The van der Waals surface area contributed by atoms with Gasteiger partial charge in [0.2, 0.25) is 0 Å². The van der Waals surface area contributed by atoms with E-state index in [4.69, 9.17) is 4.74 Å². The minimum absolute atomic E-state index is 0.133. The Morgan fingerprint density at radius 2 is 2.25 bits per heavy atom. The third-order valence-electron chi connectivity index (χ3n) is 2.95. The molecule has 1 unspecified atom stereocenters. The Kier molecular flexibility index (Phi) is 2.86. The summed E-state index contributed by atoms with van der Waals surface area (Å²) in [6, 6.07) is 4.05. The van der Waals surface area contributed by atoms with E-state index in [0.717, 1.165) is 17.8 Å². The fourth-order valence-electron chi connectivity index (χ4n) is 2.09. The number of carbonyl (C=O) groups excluding carboxylic acids is 1. The molecule has 1 aliphatic heterocycles. The van der Waals surface area contributed by atoms with Gasteiger partial charge in [0.15, 0.2) is 0 Å². The van der Waals surface area contributed by atoms with Gasteiger partial charge in [-0.3, -0.25) is 4.79 Å². The number of anilines is 1. The van der Waals surface area contributed by atoms with Crippen LogP contribution >= 0.6 is 0 Å². The van der Waals surface area contributed by atoms with E-state index in [0.29, 0.717) is 12.2 Å². The topological polar surface area (TPSA) is 38.3 Å². The van der Waals surface area contributed by atoms with E-state index in [1.54, 1.807) is 0 Å². The van der Waals surface area contributed by atoms with E-state index in [-0.39, 0.29) is 11.9 Å². The lowest BCUT2D eigenvalue weighted by atomic mass is 9.93. The van der Waals surface area contributed by atoms with Crippen LogP contribution in [0.15, 0.2) is 12.1 Å². The van der Waals surface area contributed by atoms with E-state index in [9.17, 15) is 4.79 Å². The monoisotopic (exact) mass is 219 g/mol. The minimum atomic E-state index is -0.133. The van der Waals surface area contributed by atoms with Gasteiger partial charge in [-0.25, -0.2) is 0 Å². The summed E-state index contributed by atoms with van der Waals surface area (Å²) in [5.74, 6) is 0.835. The fraction of sp³-hybridized carbons (Fsp3) is 0.462. The lowest BCUT2D eigenvalue weighted by Crippen LogP contribution is -2.19. The Morgan fingerprint density at radius 3 is 2.94 bits per heavy atom. The van der Waals surface area contributed by atoms with Crippen LogP contribution in [-0.4, -0.2) is 12.5 Å². The lowest BCUT2D eigenvalue weighted by Gasteiger charge is -2.23. The van der Waals surface area contributed by atoms with Crippen molar-refractivity contribution in [1.29, 1.82) is 0 Å². The predicted molar refractivity (Wildman–Crippen MR) is 64.0 cm³/mol. The van der Waals surface area contributed by atoms with Crippen molar-refractivity contribution < 1.29 is 9.53 Å². The summed E-state index contributed by atoms with van der Waals surface area (Å²) in [5.41, 5.74) is 3.38. The van der Waals surface area contributed by atoms with Gasteiger partial charge in [0.1, 0.15) is 5.75 Å². The van der Waals surface area contributed by atoms with Gasteiger partial charge in [-0.2, -0.15) is 0 Å². The lowest BCUT2D eigenvalue weighted by molar-refractivity contribution is -0.135. The van der Waals surface area contributed by atoms with Crippen LogP contribution in [0.5, 0.6) is 5.75 Å². The van der Waals surface area contributed by atoms with Crippen molar-refractivity contribution in [2.24, 2.45) is 0 Å². The normalized spacial score (nSPS) is 18.9. The molecule has 2 rings (SSSR count). The summed E-state index contributed by atoms with van der Waals surface area (Å²) in [6.07, 6.45) is 0.479. The van der Waals surface area contributed by atoms with Crippen molar-refractivity contribution in [3.05, 3.63) is 23.3 Å². The average molecular weight is 219 g/mol. The highest BCUT2D eigenvalue weighted by Gasteiger charge is 2.24. The molecule has 3 nitrogen and oxygen atoms in total. The third-order valence-corrected chi connectivity index (χ3v) is 2.95. The van der Waals surface area contributed by atoms with Crippen LogP contribution in [0, 0.1) is 6.92 Å². The first-order valence-corrected chi connectivity index (χ1v) is 5.71. The van der Waals surface area contributed by atoms with Crippen molar-refractivity contribution in [2.45, 2.75) is 33.1 Å². The maximum atomic E-state index is 11.3. The molecule has 0 bridgehead atoms. The van der Waals surface area contributed by atoms with E-state index in [2.05, 4.69) is 25.2 Å². The van der Waals surface area contributed by atoms with Gasteiger partial charge < -0.3 is 10.1 Å². The summed E-state index contributed by atoms with van der Waals surface area (Å²) in [4.78, 5) is 11.3. The number of fused-ring (bicyclic) bond motifs is 1. The molecule has 1 heterocycles. The molecule has 1 aromatic rings.